The van der Waals surface area contributed by atoms with Gasteiger partial charge < -0.3 is 9.30 Å². The van der Waals surface area contributed by atoms with E-state index in [1.807, 2.05) is 90.4 Å². The molecule has 0 atom stereocenters. The summed E-state index contributed by atoms with van der Waals surface area (Å²) in [5, 5.41) is 2.32. The molecule has 4 aromatic carbocycles. The molecule has 1 aliphatic heterocycles. The molecule has 45 heavy (non-hydrogen) atoms. The van der Waals surface area contributed by atoms with Crippen molar-refractivity contribution in [3.8, 4) is 28.2 Å². The third-order valence-electron chi connectivity index (χ3n) is 7.48. The van der Waals surface area contributed by atoms with Crippen molar-refractivity contribution in [2.75, 3.05) is 11.5 Å². The highest BCUT2D eigenvalue weighted by molar-refractivity contribution is 6.39. The smallest absolute Gasteiger partial charge is 0.338 e. The standard InChI is InChI=1S/C37H29N3O5/c1-3-45-36(43)27-16-20-29(21-17-27)39-32(25-10-6-4-7-11-25)23-28(33(39)26-12-8-5-9-13-26)22-31-34(41)38-37(44)40(35(31)42)30-18-14-24(2)15-19-30/h4-23H,3H2,1-2H3,(H,38,41,44)/b31-22-. The van der Waals surface area contributed by atoms with Gasteiger partial charge in [-0.3, -0.25) is 14.9 Å². The Hall–Kier alpha value is -6.02. The number of carbonyl (C=O) groups is 4. The second-order valence-corrected chi connectivity index (χ2v) is 10.5. The van der Waals surface area contributed by atoms with Crippen LogP contribution in [0.5, 0.6) is 0 Å². The summed E-state index contributed by atoms with van der Waals surface area (Å²) in [5.41, 5.74) is 6.13. The van der Waals surface area contributed by atoms with Crippen molar-refractivity contribution in [1.29, 1.82) is 0 Å². The van der Waals surface area contributed by atoms with Gasteiger partial charge in [0.15, 0.2) is 0 Å². The van der Waals surface area contributed by atoms with Gasteiger partial charge in [-0.1, -0.05) is 78.4 Å². The van der Waals surface area contributed by atoms with Crippen LogP contribution < -0.4 is 10.2 Å². The minimum atomic E-state index is -0.807. The largest absolute Gasteiger partial charge is 0.462 e. The molecular formula is C37H29N3O5. The van der Waals surface area contributed by atoms with Crippen molar-refractivity contribution in [3.63, 3.8) is 0 Å². The number of nitrogens with zero attached hydrogens (tertiary/aromatic N) is 2. The third-order valence-corrected chi connectivity index (χ3v) is 7.48. The molecule has 8 nitrogen and oxygen atoms in total. The molecule has 1 N–H and O–H groups in total. The van der Waals surface area contributed by atoms with Gasteiger partial charge in [0.2, 0.25) is 0 Å². The molecule has 5 aromatic rings. The lowest BCUT2D eigenvalue weighted by Crippen LogP contribution is -2.54. The van der Waals surface area contributed by atoms with Crippen molar-refractivity contribution >= 4 is 35.6 Å². The molecule has 0 bridgehead atoms. The van der Waals surface area contributed by atoms with Gasteiger partial charge >= 0.3 is 12.0 Å². The second kappa shape index (κ2) is 12.3. The summed E-state index contributed by atoms with van der Waals surface area (Å²) >= 11 is 0. The van der Waals surface area contributed by atoms with Crippen molar-refractivity contribution in [1.82, 2.24) is 9.88 Å². The maximum Gasteiger partial charge on any atom is 0.338 e. The number of barbiturate groups is 1. The van der Waals surface area contributed by atoms with Crippen LogP contribution in [0.15, 0.2) is 121 Å². The minimum absolute atomic E-state index is 0.179. The molecule has 1 aliphatic rings. The lowest BCUT2D eigenvalue weighted by atomic mass is 10.0. The van der Waals surface area contributed by atoms with Crippen LogP contribution in [0.4, 0.5) is 10.5 Å². The minimum Gasteiger partial charge on any atom is -0.462 e. The van der Waals surface area contributed by atoms with Gasteiger partial charge in [0.05, 0.1) is 29.2 Å². The Labute approximate surface area is 260 Å². The highest BCUT2D eigenvalue weighted by Gasteiger charge is 2.37. The number of urea groups is 1. The van der Waals surface area contributed by atoms with Crippen LogP contribution in [0, 0.1) is 6.92 Å². The lowest BCUT2D eigenvalue weighted by Gasteiger charge is -2.26. The Balaban J connectivity index is 1.57. The number of aromatic nitrogens is 1. The first-order chi connectivity index (χ1) is 21.9. The predicted octanol–water partition coefficient (Wildman–Crippen LogP) is 6.96. The number of nitrogens with one attached hydrogen (secondary N) is 1. The number of esters is 1. The maximum absolute atomic E-state index is 13.8. The van der Waals surface area contributed by atoms with E-state index in [0.717, 1.165) is 33.0 Å². The van der Waals surface area contributed by atoms with Crippen molar-refractivity contribution in [3.05, 3.63) is 138 Å². The molecule has 8 heteroatoms. The maximum atomic E-state index is 13.8. The lowest BCUT2D eigenvalue weighted by molar-refractivity contribution is -0.122. The zero-order valence-electron chi connectivity index (χ0n) is 24.7. The molecule has 4 amide bonds. The highest BCUT2D eigenvalue weighted by atomic mass is 16.5. The fraction of sp³-hybridized carbons (Fsp3) is 0.0811. The van der Waals surface area contributed by atoms with Crippen LogP contribution in [0.3, 0.4) is 0 Å². The van der Waals surface area contributed by atoms with Crippen molar-refractivity contribution in [2.45, 2.75) is 13.8 Å². The predicted molar refractivity (Wildman–Crippen MR) is 173 cm³/mol. The molecule has 0 unspecified atom stereocenters. The molecule has 6 rings (SSSR count). The summed E-state index contributed by atoms with van der Waals surface area (Å²) in [7, 11) is 0. The van der Waals surface area contributed by atoms with E-state index >= 15 is 0 Å². The number of amides is 4. The Morgan fingerprint density at radius 1 is 0.778 bits per heavy atom. The van der Waals surface area contributed by atoms with E-state index < -0.39 is 23.8 Å². The summed E-state index contributed by atoms with van der Waals surface area (Å²) < 4.78 is 7.20. The van der Waals surface area contributed by atoms with Gasteiger partial charge in [0.1, 0.15) is 5.57 Å². The topological polar surface area (TPSA) is 97.7 Å². The van der Waals surface area contributed by atoms with E-state index in [-0.39, 0.29) is 12.2 Å². The number of ether oxygens (including phenoxy) is 1. The molecule has 0 aliphatic carbocycles. The van der Waals surface area contributed by atoms with E-state index in [1.54, 1.807) is 43.3 Å². The van der Waals surface area contributed by atoms with Gasteiger partial charge in [0.25, 0.3) is 11.8 Å². The number of carbonyl (C=O) groups excluding carboxylic acids is 4. The quantitative estimate of drug-likeness (QED) is 0.125. The average Bonchev–Trinajstić information content (AvgIpc) is 3.44. The summed E-state index contributed by atoms with van der Waals surface area (Å²) in [6.45, 7) is 3.93. The summed E-state index contributed by atoms with van der Waals surface area (Å²) in [6, 6.07) is 34.4. The highest BCUT2D eigenvalue weighted by Crippen LogP contribution is 2.38. The Morgan fingerprint density at radius 2 is 1.38 bits per heavy atom. The molecule has 2 heterocycles. The third kappa shape index (κ3) is 5.69. The molecular weight excluding hydrogens is 566 g/mol. The Morgan fingerprint density at radius 3 is 2.00 bits per heavy atom. The first-order valence-electron chi connectivity index (χ1n) is 14.5. The van der Waals surface area contributed by atoms with Gasteiger partial charge in [-0.25, -0.2) is 14.5 Å². The first-order valence-corrected chi connectivity index (χ1v) is 14.5. The van der Waals surface area contributed by atoms with Crippen LogP contribution in [0.2, 0.25) is 0 Å². The summed E-state index contributed by atoms with van der Waals surface area (Å²) in [4.78, 5) is 53.2. The molecule has 0 radical (unpaired) electrons. The van der Waals surface area contributed by atoms with Crippen LogP contribution in [0.1, 0.15) is 28.4 Å². The van der Waals surface area contributed by atoms with Crippen LogP contribution in [-0.2, 0) is 14.3 Å². The number of hydrogen-bond acceptors (Lipinski definition) is 5. The van der Waals surface area contributed by atoms with Crippen LogP contribution in [0.25, 0.3) is 34.3 Å². The Kier molecular flexibility index (Phi) is 7.95. The molecule has 0 saturated carbocycles. The summed E-state index contributed by atoms with van der Waals surface area (Å²) in [5.74, 6) is -1.91. The SMILES string of the molecule is CCOC(=O)c1ccc(-n2c(-c3ccccc3)cc(/C=C3/C(=O)NC(=O)N(c4ccc(C)cc4)C3=O)c2-c2ccccc2)cc1. The van der Waals surface area contributed by atoms with Crippen LogP contribution >= 0.6 is 0 Å². The van der Waals surface area contributed by atoms with Gasteiger partial charge in [0, 0.05) is 11.3 Å². The normalized spacial score (nSPS) is 14.0. The molecule has 0 spiro atoms. The van der Waals surface area contributed by atoms with Gasteiger partial charge in [-0.15, -0.1) is 0 Å². The molecule has 222 valence electrons. The average molecular weight is 596 g/mol. The Bertz CT molecular complexity index is 1940. The van der Waals surface area contributed by atoms with E-state index in [1.165, 1.54) is 6.08 Å². The monoisotopic (exact) mass is 595 g/mol. The second-order valence-electron chi connectivity index (χ2n) is 10.5. The fourth-order valence-electron chi connectivity index (χ4n) is 5.32. The fourth-order valence-corrected chi connectivity index (χ4v) is 5.32. The van der Waals surface area contributed by atoms with Gasteiger partial charge in [-0.05, 0) is 73.5 Å². The van der Waals surface area contributed by atoms with E-state index in [4.69, 9.17) is 4.74 Å². The van der Waals surface area contributed by atoms with Gasteiger partial charge in [-0.2, -0.15) is 0 Å². The van der Waals surface area contributed by atoms with Crippen molar-refractivity contribution < 1.29 is 23.9 Å². The number of rotatable bonds is 7. The zero-order chi connectivity index (χ0) is 31.5. The number of anilines is 1. The zero-order valence-corrected chi connectivity index (χ0v) is 24.7. The molecule has 1 fully saturated rings. The van der Waals surface area contributed by atoms with Crippen molar-refractivity contribution in [2.24, 2.45) is 0 Å². The van der Waals surface area contributed by atoms with E-state index in [9.17, 15) is 19.2 Å². The molecule has 1 aromatic heterocycles. The van der Waals surface area contributed by atoms with E-state index in [2.05, 4.69) is 5.32 Å². The number of hydrogen-bond donors (Lipinski definition) is 1. The number of benzene rings is 4. The number of aryl methyl sites for hydroxylation is 1. The molecule has 1 saturated heterocycles. The van der Waals surface area contributed by atoms with Crippen LogP contribution in [-0.4, -0.2) is 35.0 Å². The summed E-state index contributed by atoms with van der Waals surface area (Å²) in [6.07, 6.45) is 1.53. The van der Waals surface area contributed by atoms with E-state index in [0.29, 0.717) is 22.5 Å². The number of imide groups is 2. The first kappa shape index (κ1) is 29.1.